The number of carbonyl (C=O) groups excluding carboxylic acids is 1. The van der Waals surface area contributed by atoms with Crippen LogP contribution in [0.25, 0.3) is 11.3 Å². The van der Waals surface area contributed by atoms with Crippen LogP contribution in [0.1, 0.15) is 23.0 Å². The van der Waals surface area contributed by atoms with Crippen LogP contribution in [0.2, 0.25) is 5.02 Å². The smallest absolute Gasteiger partial charge is 0.361 e. The van der Waals surface area contributed by atoms with Gasteiger partial charge in [0, 0.05) is 5.56 Å². The van der Waals surface area contributed by atoms with Crippen LogP contribution in [0.5, 0.6) is 5.75 Å². The normalized spacial score (nSPS) is 10.6. The van der Waals surface area contributed by atoms with Crippen molar-refractivity contribution < 1.29 is 18.7 Å². The molecule has 6 nitrogen and oxygen atoms in total. The Morgan fingerprint density at radius 3 is 2.65 bits per heavy atom. The summed E-state index contributed by atoms with van der Waals surface area (Å²) in [6.45, 7) is 2.17. The van der Waals surface area contributed by atoms with Gasteiger partial charge >= 0.3 is 5.97 Å². The fraction of sp³-hybridized carbons (Fsp3) is 0.167. The van der Waals surface area contributed by atoms with Gasteiger partial charge in [0.1, 0.15) is 23.9 Å². The molecule has 0 saturated carbocycles. The number of aromatic nitrogens is 3. The Morgan fingerprint density at radius 2 is 1.96 bits per heavy atom. The van der Waals surface area contributed by atoms with Gasteiger partial charge in [-0.2, -0.15) is 10.3 Å². The largest absolute Gasteiger partial charge is 0.489 e. The van der Waals surface area contributed by atoms with E-state index in [0.29, 0.717) is 22.6 Å². The van der Waals surface area contributed by atoms with Crippen LogP contribution in [-0.2, 0) is 11.3 Å². The molecule has 0 aliphatic rings. The Kier molecular flexibility index (Phi) is 5.48. The first-order chi connectivity index (χ1) is 12.6. The molecule has 8 heteroatoms. The fourth-order valence-corrected chi connectivity index (χ4v) is 2.40. The Morgan fingerprint density at radius 1 is 1.19 bits per heavy atom. The van der Waals surface area contributed by atoms with Gasteiger partial charge in [-0.1, -0.05) is 17.7 Å². The summed E-state index contributed by atoms with van der Waals surface area (Å²) in [6.07, 6.45) is 0. The van der Waals surface area contributed by atoms with E-state index < -0.39 is 11.8 Å². The quantitative estimate of drug-likeness (QED) is 0.658. The standard InChI is InChI=1S/C18H15ClFN3O3/c1-2-25-18(24)17-16(21-23-22-17)12-4-6-13(7-5-12)26-10-11-3-8-14(19)15(20)9-11/h3-9H,2,10H2,1H3,(H,21,22,23). The van der Waals surface area contributed by atoms with Crippen molar-refractivity contribution in [2.24, 2.45) is 0 Å². The number of nitrogens with zero attached hydrogens (tertiary/aromatic N) is 2. The molecule has 3 aromatic rings. The summed E-state index contributed by atoms with van der Waals surface area (Å²) >= 11 is 5.66. The number of aromatic amines is 1. The molecule has 134 valence electrons. The Bertz CT molecular complexity index is 912. The predicted octanol–water partition coefficient (Wildman–Crippen LogP) is 4.02. The van der Waals surface area contributed by atoms with Crippen molar-refractivity contribution in [1.82, 2.24) is 15.4 Å². The molecule has 0 atom stereocenters. The lowest BCUT2D eigenvalue weighted by atomic mass is 10.1. The second kappa shape index (κ2) is 7.97. The first-order valence-electron chi connectivity index (χ1n) is 7.83. The van der Waals surface area contributed by atoms with Crippen molar-refractivity contribution in [3.63, 3.8) is 0 Å². The van der Waals surface area contributed by atoms with Crippen LogP contribution in [0.4, 0.5) is 4.39 Å². The van der Waals surface area contributed by atoms with Crippen molar-refractivity contribution in [3.05, 3.63) is 64.6 Å². The molecule has 0 saturated heterocycles. The molecular weight excluding hydrogens is 361 g/mol. The number of esters is 1. The van der Waals surface area contributed by atoms with Gasteiger partial charge < -0.3 is 9.47 Å². The van der Waals surface area contributed by atoms with Crippen molar-refractivity contribution in [1.29, 1.82) is 0 Å². The highest BCUT2D eigenvalue weighted by molar-refractivity contribution is 6.30. The van der Waals surface area contributed by atoms with Crippen LogP contribution >= 0.6 is 11.6 Å². The van der Waals surface area contributed by atoms with Crippen LogP contribution in [0.15, 0.2) is 42.5 Å². The Labute approximate surface area is 153 Å². The molecule has 0 radical (unpaired) electrons. The van der Waals surface area contributed by atoms with E-state index in [4.69, 9.17) is 21.1 Å². The molecule has 0 spiro atoms. The molecule has 0 aliphatic heterocycles. The van der Waals surface area contributed by atoms with Crippen molar-refractivity contribution in [3.8, 4) is 17.0 Å². The minimum atomic E-state index is -0.540. The maximum atomic E-state index is 13.4. The summed E-state index contributed by atoms with van der Waals surface area (Å²) in [5.41, 5.74) is 1.87. The molecule has 0 amide bonds. The zero-order chi connectivity index (χ0) is 18.5. The van der Waals surface area contributed by atoms with E-state index >= 15 is 0 Å². The minimum absolute atomic E-state index is 0.0723. The number of hydrogen-bond donors (Lipinski definition) is 1. The Balaban J connectivity index is 1.70. The molecule has 0 bridgehead atoms. The topological polar surface area (TPSA) is 77.1 Å². The monoisotopic (exact) mass is 375 g/mol. The number of hydrogen-bond acceptors (Lipinski definition) is 5. The molecular formula is C18H15ClFN3O3. The highest BCUT2D eigenvalue weighted by Gasteiger charge is 2.18. The number of H-pyrrole nitrogens is 1. The SMILES string of the molecule is CCOC(=O)c1n[nH]nc1-c1ccc(OCc2ccc(Cl)c(F)c2)cc1. The number of rotatable bonds is 6. The molecule has 26 heavy (non-hydrogen) atoms. The molecule has 3 rings (SSSR count). The maximum absolute atomic E-state index is 13.4. The van der Waals surface area contributed by atoms with Gasteiger partial charge in [0.2, 0.25) is 0 Å². The molecule has 2 aromatic carbocycles. The third kappa shape index (κ3) is 4.00. The van der Waals surface area contributed by atoms with Gasteiger partial charge in [0.05, 0.1) is 11.6 Å². The number of carbonyl (C=O) groups is 1. The summed E-state index contributed by atoms with van der Waals surface area (Å²) in [5.74, 6) is -0.438. The van der Waals surface area contributed by atoms with E-state index in [-0.39, 0.29) is 23.9 Å². The first-order valence-corrected chi connectivity index (χ1v) is 8.21. The van der Waals surface area contributed by atoms with Crippen molar-refractivity contribution in [2.75, 3.05) is 6.61 Å². The summed E-state index contributed by atoms with van der Waals surface area (Å²) in [7, 11) is 0. The van der Waals surface area contributed by atoms with Crippen molar-refractivity contribution >= 4 is 17.6 Å². The Hall–Kier alpha value is -2.93. The van der Waals surface area contributed by atoms with E-state index in [2.05, 4.69) is 15.4 Å². The van der Waals surface area contributed by atoms with E-state index in [1.165, 1.54) is 12.1 Å². The lowest BCUT2D eigenvalue weighted by Crippen LogP contribution is -2.06. The van der Waals surface area contributed by atoms with E-state index in [0.717, 1.165) is 0 Å². The van der Waals surface area contributed by atoms with Gasteiger partial charge in [0.25, 0.3) is 0 Å². The molecule has 0 fully saturated rings. The minimum Gasteiger partial charge on any atom is -0.489 e. The molecule has 1 heterocycles. The van der Waals surface area contributed by atoms with Gasteiger partial charge in [0.15, 0.2) is 5.69 Å². The van der Waals surface area contributed by atoms with Crippen LogP contribution in [0.3, 0.4) is 0 Å². The summed E-state index contributed by atoms with van der Waals surface area (Å²) in [6, 6.07) is 11.5. The van der Waals surface area contributed by atoms with Crippen molar-refractivity contribution in [2.45, 2.75) is 13.5 Å². The third-order valence-corrected chi connectivity index (χ3v) is 3.84. The van der Waals surface area contributed by atoms with Gasteiger partial charge in [-0.3, -0.25) is 0 Å². The average molecular weight is 376 g/mol. The lowest BCUT2D eigenvalue weighted by Gasteiger charge is -2.08. The highest BCUT2D eigenvalue weighted by atomic mass is 35.5. The molecule has 1 aromatic heterocycles. The van der Waals surface area contributed by atoms with Gasteiger partial charge in [-0.15, -0.1) is 5.10 Å². The molecule has 1 N–H and O–H groups in total. The summed E-state index contributed by atoms with van der Waals surface area (Å²) < 4.78 is 24.0. The van der Waals surface area contributed by atoms with E-state index in [9.17, 15) is 9.18 Å². The number of halogens is 2. The van der Waals surface area contributed by atoms with E-state index in [1.54, 1.807) is 37.3 Å². The average Bonchev–Trinajstić information content (AvgIpc) is 3.13. The fourth-order valence-electron chi connectivity index (χ4n) is 2.28. The summed E-state index contributed by atoms with van der Waals surface area (Å²) in [5, 5.41) is 10.3. The zero-order valence-electron chi connectivity index (χ0n) is 13.8. The number of benzene rings is 2. The third-order valence-electron chi connectivity index (χ3n) is 3.53. The van der Waals surface area contributed by atoms with E-state index in [1.807, 2.05) is 0 Å². The predicted molar refractivity (Wildman–Crippen MR) is 93.5 cm³/mol. The second-order valence-electron chi connectivity index (χ2n) is 5.30. The van der Waals surface area contributed by atoms with Crippen LogP contribution in [-0.4, -0.2) is 28.0 Å². The zero-order valence-corrected chi connectivity index (χ0v) is 14.6. The lowest BCUT2D eigenvalue weighted by molar-refractivity contribution is 0.0520. The van der Waals surface area contributed by atoms with Gasteiger partial charge in [-0.05, 0) is 48.9 Å². The molecule has 0 aliphatic carbocycles. The first kappa shape index (κ1) is 17.9. The van der Waals surface area contributed by atoms with Crippen LogP contribution in [0, 0.1) is 5.82 Å². The maximum Gasteiger partial charge on any atom is 0.361 e. The second-order valence-corrected chi connectivity index (χ2v) is 5.71. The van der Waals surface area contributed by atoms with Crippen LogP contribution < -0.4 is 4.74 Å². The highest BCUT2D eigenvalue weighted by Crippen LogP contribution is 2.24. The molecule has 0 unspecified atom stereocenters. The number of ether oxygens (including phenoxy) is 2. The van der Waals surface area contributed by atoms with Gasteiger partial charge in [-0.25, -0.2) is 9.18 Å². The summed E-state index contributed by atoms with van der Waals surface area (Å²) in [4.78, 5) is 11.9. The number of nitrogens with one attached hydrogen (secondary N) is 1.